The van der Waals surface area contributed by atoms with Crippen molar-refractivity contribution in [3.8, 4) is 11.8 Å². The molecule has 2 N–H and O–H groups in total. The van der Waals surface area contributed by atoms with Gasteiger partial charge in [0.1, 0.15) is 17.4 Å². The minimum absolute atomic E-state index is 0.00980. The molecule has 0 spiro atoms. The van der Waals surface area contributed by atoms with Crippen LogP contribution in [-0.2, 0) is 9.59 Å². The van der Waals surface area contributed by atoms with Gasteiger partial charge >= 0.3 is 0 Å². The fourth-order valence-electron chi connectivity index (χ4n) is 2.43. The van der Waals surface area contributed by atoms with Gasteiger partial charge in [0.2, 0.25) is 5.91 Å². The fraction of sp³-hybridized carbons (Fsp3) is 0.261. The standard InChI is InChI=1S/C23H25N3O3/c1-16(2)12-13-29-22-10-4-18(5-11-22)14-19(15-24)23(28)26-21-8-6-20(7-9-21)25-17(3)27/h4-11,14,16H,12-13H2,1-3H3,(H,25,27)(H,26,28)/b19-14+. The first-order chi connectivity index (χ1) is 13.9. The highest BCUT2D eigenvalue weighted by molar-refractivity contribution is 6.09. The predicted molar refractivity (Wildman–Crippen MR) is 114 cm³/mol. The molecule has 0 unspecified atom stereocenters. The third-order valence-corrected chi connectivity index (χ3v) is 3.98. The molecule has 2 amide bonds. The number of carbonyl (C=O) groups is 2. The fourth-order valence-corrected chi connectivity index (χ4v) is 2.43. The number of amides is 2. The van der Waals surface area contributed by atoms with Crippen LogP contribution < -0.4 is 15.4 Å². The van der Waals surface area contributed by atoms with E-state index in [1.807, 2.05) is 18.2 Å². The molecule has 2 rings (SSSR count). The summed E-state index contributed by atoms with van der Waals surface area (Å²) in [5.41, 5.74) is 1.87. The van der Waals surface area contributed by atoms with Crippen molar-refractivity contribution in [1.82, 2.24) is 0 Å². The molecule has 0 heterocycles. The highest BCUT2D eigenvalue weighted by atomic mass is 16.5. The van der Waals surface area contributed by atoms with Gasteiger partial charge in [0.15, 0.2) is 0 Å². The van der Waals surface area contributed by atoms with Gasteiger partial charge in [-0.3, -0.25) is 9.59 Å². The van der Waals surface area contributed by atoms with Crippen LogP contribution in [0.3, 0.4) is 0 Å². The lowest BCUT2D eigenvalue weighted by molar-refractivity contribution is -0.114. The number of nitriles is 1. The Kier molecular flexibility index (Phi) is 7.99. The predicted octanol–water partition coefficient (Wildman–Crippen LogP) is 4.62. The first kappa shape index (κ1) is 21.7. The smallest absolute Gasteiger partial charge is 0.266 e. The molecule has 29 heavy (non-hydrogen) atoms. The number of nitrogens with one attached hydrogen (secondary N) is 2. The number of hydrogen-bond acceptors (Lipinski definition) is 4. The number of carbonyl (C=O) groups excluding carboxylic acids is 2. The molecule has 0 aliphatic heterocycles. The number of anilines is 2. The summed E-state index contributed by atoms with van der Waals surface area (Å²) in [4.78, 5) is 23.4. The Morgan fingerprint density at radius 3 is 2.14 bits per heavy atom. The van der Waals surface area contributed by atoms with Crippen LogP contribution in [0.15, 0.2) is 54.1 Å². The number of benzene rings is 2. The summed E-state index contributed by atoms with van der Waals surface area (Å²) < 4.78 is 5.67. The van der Waals surface area contributed by atoms with Crippen LogP contribution in [0.1, 0.15) is 32.8 Å². The molecule has 0 fully saturated rings. The van der Waals surface area contributed by atoms with Gasteiger partial charge in [-0.05, 0) is 60.4 Å². The summed E-state index contributed by atoms with van der Waals surface area (Å²) >= 11 is 0. The van der Waals surface area contributed by atoms with Gasteiger partial charge in [-0.2, -0.15) is 5.26 Å². The van der Waals surface area contributed by atoms with Gasteiger partial charge in [0.25, 0.3) is 5.91 Å². The number of rotatable bonds is 8. The Balaban J connectivity index is 2.00. The monoisotopic (exact) mass is 391 g/mol. The SMILES string of the molecule is CC(=O)Nc1ccc(NC(=O)/C(C#N)=C/c2ccc(OCCC(C)C)cc2)cc1. The zero-order valence-electron chi connectivity index (χ0n) is 16.9. The van der Waals surface area contributed by atoms with Gasteiger partial charge in [-0.25, -0.2) is 0 Å². The minimum Gasteiger partial charge on any atom is -0.494 e. The topological polar surface area (TPSA) is 91.2 Å². The zero-order chi connectivity index (χ0) is 21.2. The van der Waals surface area contributed by atoms with E-state index < -0.39 is 5.91 Å². The molecule has 0 aromatic heterocycles. The van der Waals surface area contributed by atoms with Crippen molar-refractivity contribution < 1.29 is 14.3 Å². The minimum atomic E-state index is -0.503. The maximum Gasteiger partial charge on any atom is 0.266 e. The lowest BCUT2D eigenvalue weighted by atomic mass is 10.1. The van der Waals surface area contributed by atoms with E-state index in [0.717, 1.165) is 17.7 Å². The van der Waals surface area contributed by atoms with E-state index in [1.165, 1.54) is 13.0 Å². The quantitative estimate of drug-likeness (QED) is 0.507. The molecule has 0 atom stereocenters. The number of hydrogen-bond donors (Lipinski definition) is 2. The van der Waals surface area contributed by atoms with Gasteiger partial charge in [-0.15, -0.1) is 0 Å². The van der Waals surface area contributed by atoms with Gasteiger partial charge in [0.05, 0.1) is 6.61 Å². The average Bonchev–Trinajstić information content (AvgIpc) is 2.68. The van der Waals surface area contributed by atoms with E-state index in [0.29, 0.717) is 23.9 Å². The Labute approximate surface area is 171 Å². The van der Waals surface area contributed by atoms with Crippen molar-refractivity contribution in [2.45, 2.75) is 27.2 Å². The molecule has 2 aromatic carbocycles. The van der Waals surface area contributed by atoms with Gasteiger partial charge < -0.3 is 15.4 Å². The average molecular weight is 391 g/mol. The van der Waals surface area contributed by atoms with Gasteiger partial charge in [0, 0.05) is 18.3 Å². The van der Waals surface area contributed by atoms with Crippen LogP contribution in [0, 0.1) is 17.2 Å². The molecule has 0 saturated carbocycles. The molecule has 0 aliphatic rings. The Bertz CT molecular complexity index is 908. The van der Waals surface area contributed by atoms with E-state index in [-0.39, 0.29) is 11.5 Å². The van der Waals surface area contributed by atoms with E-state index in [1.54, 1.807) is 36.4 Å². The Morgan fingerprint density at radius 2 is 1.62 bits per heavy atom. The summed E-state index contributed by atoms with van der Waals surface area (Å²) in [6.45, 7) is 6.36. The number of nitrogens with zero attached hydrogens (tertiary/aromatic N) is 1. The maximum atomic E-state index is 12.4. The second-order valence-electron chi connectivity index (χ2n) is 6.98. The van der Waals surface area contributed by atoms with Crippen LogP contribution in [-0.4, -0.2) is 18.4 Å². The van der Waals surface area contributed by atoms with Crippen molar-refractivity contribution in [2.24, 2.45) is 5.92 Å². The molecule has 0 bridgehead atoms. The molecule has 150 valence electrons. The van der Waals surface area contributed by atoms with E-state index in [4.69, 9.17) is 4.74 Å². The van der Waals surface area contributed by atoms with E-state index in [2.05, 4.69) is 24.5 Å². The molecule has 2 aromatic rings. The molecule has 6 heteroatoms. The normalized spacial score (nSPS) is 10.9. The second-order valence-corrected chi connectivity index (χ2v) is 6.98. The molecule has 0 saturated heterocycles. The summed E-state index contributed by atoms with van der Waals surface area (Å²) in [6.07, 6.45) is 2.51. The van der Waals surface area contributed by atoms with Crippen LogP contribution in [0.5, 0.6) is 5.75 Å². The lowest BCUT2D eigenvalue weighted by Gasteiger charge is -2.08. The summed E-state index contributed by atoms with van der Waals surface area (Å²) in [6, 6.07) is 15.8. The molecule has 0 aliphatic carbocycles. The van der Waals surface area contributed by atoms with E-state index >= 15 is 0 Å². The zero-order valence-corrected chi connectivity index (χ0v) is 16.9. The summed E-state index contributed by atoms with van der Waals surface area (Å²) in [5, 5.41) is 14.7. The largest absolute Gasteiger partial charge is 0.494 e. The van der Waals surface area contributed by atoms with Crippen molar-refractivity contribution in [1.29, 1.82) is 5.26 Å². The highest BCUT2D eigenvalue weighted by Gasteiger charge is 2.10. The highest BCUT2D eigenvalue weighted by Crippen LogP contribution is 2.17. The molecular weight excluding hydrogens is 366 g/mol. The first-order valence-corrected chi connectivity index (χ1v) is 9.41. The van der Waals surface area contributed by atoms with Crippen LogP contribution in [0.25, 0.3) is 6.08 Å². The van der Waals surface area contributed by atoms with Crippen molar-refractivity contribution in [3.05, 3.63) is 59.7 Å². The van der Waals surface area contributed by atoms with E-state index in [9.17, 15) is 14.9 Å². The second kappa shape index (κ2) is 10.7. The number of ether oxygens (including phenoxy) is 1. The van der Waals surface area contributed by atoms with Crippen LogP contribution in [0.2, 0.25) is 0 Å². The van der Waals surface area contributed by atoms with Crippen LogP contribution >= 0.6 is 0 Å². The molecule has 0 radical (unpaired) electrons. The third kappa shape index (κ3) is 7.51. The first-order valence-electron chi connectivity index (χ1n) is 9.41. The molecular formula is C23H25N3O3. The Morgan fingerprint density at radius 1 is 1.03 bits per heavy atom. The summed E-state index contributed by atoms with van der Waals surface area (Å²) in [5.74, 6) is 0.658. The van der Waals surface area contributed by atoms with Crippen molar-refractivity contribution in [3.63, 3.8) is 0 Å². The third-order valence-electron chi connectivity index (χ3n) is 3.98. The van der Waals surface area contributed by atoms with Gasteiger partial charge in [-0.1, -0.05) is 26.0 Å². The lowest BCUT2D eigenvalue weighted by Crippen LogP contribution is -2.13. The van der Waals surface area contributed by atoms with Crippen molar-refractivity contribution in [2.75, 3.05) is 17.2 Å². The van der Waals surface area contributed by atoms with Crippen molar-refractivity contribution >= 4 is 29.3 Å². The van der Waals surface area contributed by atoms with Crippen LogP contribution in [0.4, 0.5) is 11.4 Å². The maximum absolute atomic E-state index is 12.4. The Hall–Kier alpha value is -3.59. The molecule has 6 nitrogen and oxygen atoms in total. The summed E-state index contributed by atoms with van der Waals surface area (Å²) in [7, 11) is 0.